The Labute approximate surface area is 128 Å². The lowest BCUT2D eigenvalue weighted by molar-refractivity contribution is -0.385. The minimum Gasteiger partial charge on any atom is -0.457 e. The number of benzene rings is 2. The van der Waals surface area contributed by atoms with Gasteiger partial charge in [0.05, 0.1) is 4.92 Å². The first-order valence-electron chi connectivity index (χ1n) is 6.87. The Morgan fingerprint density at radius 1 is 1.14 bits per heavy atom. The van der Waals surface area contributed by atoms with Gasteiger partial charge in [-0.25, -0.2) is 4.79 Å². The maximum absolute atomic E-state index is 12.2. The fourth-order valence-electron chi connectivity index (χ4n) is 2.24. The maximum Gasteiger partial charge on any atom is 0.345 e. The minimum absolute atomic E-state index is 0.0182. The lowest BCUT2D eigenvalue weighted by Gasteiger charge is -2.09. The molecule has 22 heavy (non-hydrogen) atoms. The van der Waals surface area contributed by atoms with Crippen LogP contribution < -0.4 is 0 Å². The summed E-state index contributed by atoms with van der Waals surface area (Å²) >= 11 is 0. The predicted octanol–water partition coefficient (Wildman–Crippen LogP) is 3.88. The van der Waals surface area contributed by atoms with Gasteiger partial charge >= 0.3 is 5.97 Å². The molecule has 2 rings (SSSR count). The summed E-state index contributed by atoms with van der Waals surface area (Å²) in [6.07, 6.45) is 0. The summed E-state index contributed by atoms with van der Waals surface area (Å²) in [6.45, 7) is 5.57. The molecule has 0 aliphatic heterocycles. The fraction of sp³-hybridized carbons (Fsp3) is 0.235. The molecule has 0 N–H and O–H groups in total. The number of para-hydroxylation sites is 1. The monoisotopic (exact) mass is 299 g/mol. The third-order valence-electron chi connectivity index (χ3n) is 3.50. The van der Waals surface area contributed by atoms with Crippen LogP contribution in [0.3, 0.4) is 0 Å². The summed E-state index contributed by atoms with van der Waals surface area (Å²) in [7, 11) is 0. The number of nitro benzene ring substituents is 1. The van der Waals surface area contributed by atoms with Gasteiger partial charge in [-0.1, -0.05) is 35.9 Å². The molecule has 2 aromatic rings. The molecular weight excluding hydrogens is 282 g/mol. The van der Waals surface area contributed by atoms with Crippen LogP contribution in [0.4, 0.5) is 5.69 Å². The average molecular weight is 299 g/mol. The van der Waals surface area contributed by atoms with Crippen molar-refractivity contribution in [3.05, 3.63) is 74.3 Å². The van der Waals surface area contributed by atoms with Crippen molar-refractivity contribution in [2.24, 2.45) is 0 Å². The molecule has 114 valence electrons. The molecule has 0 radical (unpaired) electrons. The number of nitrogens with zero attached hydrogens (tertiary/aromatic N) is 1. The van der Waals surface area contributed by atoms with E-state index in [1.54, 1.807) is 19.1 Å². The van der Waals surface area contributed by atoms with Gasteiger partial charge in [0, 0.05) is 5.56 Å². The van der Waals surface area contributed by atoms with E-state index >= 15 is 0 Å². The second-order valence-electron chi connectivity index (χ2n) is 5.23. The van der Waals surface area contributed by atoms with Gasteiger partial charge in [0.15, 0.2) is 0 Å². The lowest BCUT2D eigenvalue weighted by atomic mass is 10.1. The molecule has 0 atom stereocenters. The molecule has 0 aliphatic rings. The largest absolute Gasteiger partial charge is 0.457 e. The summed E-state index contributed by atoms with van der Waals surface area (Å²) in [5.74, 6) is -0.684. The SMILES string of the molecule is Cc1ccc(C)c(COC(=O)c2cccc(C)c2[N+](=O)[O-])c1. The second kappa shape index (κ2) is 6.39. The van der Waals surface area contributed by atoms with Crippen LogP contribution in [0.1, 0.15) is 32.6 Å². The van der Waals surface area contributed by atoms with E-state index in [1.165, 1.54) is 6.07 Å². The number of aryl methyl sites for hydroxylation is 3. The van der Waals surface area contributed by atoms with Crippen LogP contribution >= 0.6 is 0 Å². The first-order valence-corrected chi connectivity index (χ1v) is 6.87. The zero-order valence-corrected chi connectivity index (χ0v) is 12.8. The summed E-state index contributed by atoms with van der Waals surface area (Å²) in [4.78, 5) is 22.7. The van der Waals surface area contributed by atoms with Crippen LogP contribution in [-0.2, 0) is 11.3 Å². The highest BCUT2D eigenvalue weighted by atomic mass is 16.6. The van der Waals surface area contributed by atoms with Crippen LogP contribution in [0, 0.1) is 30.9 Å². The summed E-state index contributed by atoms with van der Waals surface area (Å²) in [5, 5.41) is 11.1. The van der Waals surface area contributed by atoms with E-state index in [0.29, 0.717) is 5.56 Å². The predicted molar refractivity (Wildman–Crippen MR) is 82.9 cm³/mol. The van der Waals surface area contributed by atoms with Crippen molar-refractivity contribution in [3.63, 3.8) is 0 Å². The number of hydrogen-bond acceptors (Lipinski definition) is 4. The van der Waals surface area contributed by atoms with E-state index in [4.69, 9.17) is 4.74 Å². The number of nitro groups is 1. The first-order chi connectivity index (χ1) is 10.4. The van der Waals surface area contributed by atoms with Gasteiger partial charge in [0.25, 0.3) is 5.69 Å². The number of carbonyl (C=O) groups excluding carboxylic acids is 1. The highest BCUT2D eigenvalue weighted by Crippen LogP contribution is 2.24. The quantitative estimate of drug-likeness (QED) is 0.488. The van der Waals surface area contributed by atoms with Crippen LogP contribution in [0.2, 0.25) is 0 Å². The topological polar surface area (TPSA) is 69.4 Å². The Balaban J connectivity index is 2.22. The molecule has 0 amide bonds. The fourth-order valence-corrected chi connectivity index (χ4v) is 2.24. The maximum atomic E-state index is 12.2. The third kappa shape index (κ3) is 3.31. The van der Waals surface area contributed by atoms with E-state index in [9.17, 15) is 14.9 Å². The van der Waals surface area contributed by atoms with E-state index < -0.39 is 10.9 Å². The Hall–Kier alpha value is -2.69. The molecule has 5 heteroatoms. The minimum atomic E-state index is -0.684. The Kier molecular flexibility index (Phi) is 4.56. The average Bonchev–Trinajstić information content (AvgIpc) is 2.47. The van der Waals surface area contributed by atoms with E-state index in [0.717, 1.165) is 16.7 Å². The number of rotatable bonds is 4. The van der Waals surface area contributed by atoms with Crippen molar-refractivity contribution in [1.29, 1.82) is 0 Å². The van der Waals surface area contributed by atoms with Crippen molar-refractivity contribution < 1.29 is 14.5 Å². The molecule has 0 aliphatic carbocycles. The summed E-state index contributed by atoms with van der Waals surface area (Å²) < 4.78 is 5.25. The standard InChI is InChI=1S/C17H17NO4/c1-11-7-8-12(2)14(9-11)10-22-17(19)15-6-4-5-13(3)16(15)18(20)21/h4-9H,10H2,1-3H3. The van der Waals surface area contributed by atoms with Gasteiger partial charge in [0.1, 0.15) is 12.2 Å². The third-order valence-corrected chi connectivity index (χ3v) is 3.50. The lowest BCUT2D eigenvalue weighted by Crippen LogP contribution is -2.09. The summed E-state index contributed by atoms with van der Waals surface area (Å²) in [5.41, 5.74) is 3.19. The smallest absolute Gasteiger partial charge is 0.345 e. The van der Waals surface area contributed by atoms with Crippen LogP contribution in [0.5, 0.6) is 0 Å². The van der Waals surface area contributed by atoms with Gasteiger partial charge < -0.3 is 4.74 Å². The van der Waals surface area contributed by atoms with Crippen molar-refractivity contribution in [3.8, 4) is 0 Å². The molecule has 0 unspecified atom stereocenters. The number of ether oxygens (including phenoxy) is 1. The highest BCUT2D eigenvalue weighted by molar-refractivity contribution is 5.94. The van der Waals surface area contributed by atoms with Crippen molar-refractivity contribution >= 4 is 11.7 Å². The van der Waals surface area contributed by atoms with Gasteiger partial charge in [-0.2, -0.15) is 0 Å². The Morgan fingerprint density at radius 3 is 2.55 bits per heavy atom. The van der Waals surface area contributed by atoms with Crippen LogP contribution in [-0.4, -0.2) is 10.9 Å². The molecule has 0 saturated carbocycles. The van der Waals surface area contributed by atoms with Gasteiger partial charge in [-0.05, 0) is 38.0 Å². The molecule has 0 heterocycles. The molecule has 0 aromatic heterocycles. The van der Waals surface area contributed by atoms with E-state index in [-0.39, 0.29) is 17.9 Å². The van der Waals surface area contributed by atoms with Gasteiger partial charge in [-0.15, -0.1) is 0 Å². The van der Waals surface area contributed by atoms with Gasteiger partial charge in [-0.3, -0.25) is 10.1 Å². The number of carbonyl (C=O) groups is 1. The molecule has 5 nitrogen and oxygen atoms in total. The molecular formula is C17H17NO4. The van der Waals surface area contributed by atoms with E-state index in [2.05, 4.69) is 0 Å². The second-order valence-corrected chi connectivity index (χ2v) is 5.23. The van der Waals surface area contributed by atoms with Crippen LogP contribution in [0.25, 0.3) is 0 Å². The molecule has 0 spiro atoms. The number of esters is 1. The van der Waals surface area contributed by atoms with Crippen molar-refractivity contribution in [2.45, 2.75) is 27.4 Å². The Morgan fingerprint density at radius 2 is 1.86 bits per heavy atom. The zero-order valence-electron chi connectivity index (χ0n) is 12.8. The van der Waals surface area contributed by atoms with Crippen molar-refractivity contribution in [1.82, 2.24) is 0 Å². The highest BCUT2D eigenvalue weighted by Gasteiger charge is 2.23. The molecule has 0 bridgehead atoms. The van der Waals surface area contributed by atoms with E-state index in [1.807, 2.05) is 32.0 Å². The first kappa shape index (κ1) is 15.7. The van der Waals surface area contributed by atoms with Gasteiger partial charge in [0.2, 0.25) is 0 Å². The zero-order chi connectivity index (χ0) is 16.3. The molecule has 0 fully saturated rings. The Bertz CT molecular complexity index is 737. The van der Waals surface area contributed by atoms with Crippen LogP contribution in [0.15, 0.2) is 36.4 Å². The van der Waals surface area contributed by atoms with Crippen molar-refractivity contribution in [2.75, 3.05) is 0 Å². The number of hydrogen-bond donors (Lipinski definition) is 0. The molecule has 0 saturated heterocycles. The summed E-state index contributed by atoms with van der Waals surface area (Å²) in [6, 6.07) is 10.5. The normalized spacial score (nSPS) is 10.3. The molecule has 2 aromatic carbocycles.